The van der Waals surface area contributed by atoms with Gasteiger partial charge in [-0.15, -0.1) is 0 Å². The van der Waals surface area contributed by atoms with Crippen LogP contribution in [0.2, 0.25) is 0 Å². The number of rotatable bonds is 4. The van der Waals surface area contributed by atoms with Gasteiger partial charge in [0.15, 0.2) is 11.6 Å². The number of likely N-dealkylation sites (tertiary alicyclic amines) is 1. The molecular formula is C27H27F2N5O4. The van der Waals surface area contributed by atoms with Crippen molar-refractivity contribution in [2.75, 3.05) is 18.4 Å². The number of benzene rings is 2. The molecule has 198 valence electrons. The molecule has 2 aromatic carbocycles. The quantitative estimate of drug-likeness (QED) is 0.569. The third-order valence-corrected chi connectivity index (χ3v) is 7.40. The molecule has 1 saturated heterocycles. The Morgan fingerprint density at radius 3 is 2.45 bits per heavy atom. The highest BCUT2D eigenvalue weighted by Gasteiger charge is 2.34. The third kappa shape index (κ3) is 4.37. The second-order valence-electron chi connectivity index (χ2n) is 9.65. The fourth-order valence-corrected chi connectivity index (χ4v) is 5.16. The average Bonchev–Trinajstić information content (AvgIpc) is 2.93. The standard InChI is InChI=1S/C27H27F2N5O4/c1-16(33-15-20(25(36)31(2)27(33)38)19-7-5-8-21(28)23(19)29)24(35)32-12-10-18(11-13-32)34-14-17-6-3-4-9-22(17)30-26(34)37/h3-9,15-16,18H,10-14H2,1-2H3,(H,30,37). The average molecular weight is 524 g/mol. The first-order chi connectivity index (χ1) is 18.2. The zero-order chi connectivity index (χ0) is 27.1. The van der Waals surface area contributed by atoms with Crippen LogP contribution in [0.1, 0.15) is 31.4 Å². The maximum absolute atomic E-state index is 14.5. The molecule has 3 aromatic rings. The van der Waals surface area contributed by atoms with Gasteiger partial charge in [-0.25, -0.2) is 18.4 Å². The molecule has 5 rings (SSSR count). The molecule has 3 amide bonds. The van der Waals surface area contributed by atoms with Crippen molar-refractivity contribution in [3.05, 3.63) is 86.7 Å². The summed E-state index contributed by atoms with van der Waals surface area (Å²) in [7, 11) is 1.23. The molecule has 2 aliphatic rings. The topological polar surface area (TPSA) is 96.7 Å². The number of halogens is 2. The van der Waals surface area contributed by atoms with Crippen molar-refractivity contribution < 1.29 is 18.4 Å². The molecule has 11 heteroatoms. The van der Waals surface area contributed by atoms with Crippen molar-refractivity contribution in [3.63, 3.8) is 0 Å². The molecule has 3 heterocycles. The molecule has 1 atom stereocenters. The van der Waals surface area contributed by atoms with Crippen LogP contribution < -0.4 is 16.6 Å². The fourth-order valence-electron chi connectivity index (χ4n) is 5.16. The smallest absolute Gasteiger partial charge is 0.331 e. The van der Waals surface area contributed by atoms with Gasteiger partial charge in [0.05, 0.1) is 5.56 Å². The molecule has 1 unspecified atom stereocenters. The summed E-state index contributed by atoms with van der Waals surface area (Å²) < 4.78 is 30.1. The Labute approximate surface area is 216 Å². The van der Waals surface area contributed by atoms with Gasteiger partial charge in [-0.2, -0.15) is 0 Å². The predicted molar refractivity (Wildman–Crippen MR) is 137 cm³/mol. The van der Waals surface area contributed by atoms with E-state index in [-0.39, 0.29) is 29.1 Å². The number of carbonyl (C=O) groups excluding carboxylic acids is 2. The summed E-state index contributed by atoms with van der Waals surface area (Å²) in [6.45, 7) is 2.78. The first-order valence-electron chi connectivity index (χ1n) is 12.4. The van der Waals surface area contributed by atoms with Crippen molar-refractivity contribution in [1.82, 2.24) is 18.9 Å². The minimum absolute atomic E-state index is 0.0504. The number of fused-ring (bicyclic) bond motifs is 1. The number of urea groups is 1. The van der Waals surface area contributed by atoms with E-state index in [2.05, 4.69) is 5.32 Å². The molecule has 0 spiro atoms. The van der Waals surface area contributed by atoms with Gasteiger partial charge in [0, 0.05) is 50.2 Å². The highest BCUT2D eigenvalue weighted by molar-refractivity contribution is 5.92. The molecule has 1 N–H and O–H groups in total. The zero-order valence-corrected chi connectivity index (χ0v) is 21.0. The van der Waals surface area contributed by atoms with Crippen LogP contribution in [0.3, 0.4) is 0 Å². The van der Waals surface area contributed by atoms with E-state index in [1.54, 1.807) is 9.80 Å². The van der Waals surface area contributed by atoms with Gasteiger partial charge in [0.25, 0.3) is 5.56 Å². The van der Waals surface area contributed by atoms with Gasteiger partial charge >= 0.3 is 11.7 Å². The molecule has 0 radical (unpaired) electrons. The molecular weight excluding hydrogens is 496 g/mol. The summed E-state index contributed by atoms with van der Waals surface area (Å²) in [4.78, 5) is 55.1. The van der Waals surface area contributed by atoms with Gasteiger partial charge in [-0.3, -0.25) is 18.7 Å². The Hall–Kier alpha value is -4.28. The number of aromatic nitrogens is 2. The van der Waals surface area contributed by atoms with E-state index in [1.807, 2.05) is 24.3 Å². The fraction of sp³-hybridized carbons (Fsp3) is 0.333. The summed E-state index contributed by atoms with van der Waals surface area (Å²) in [5.41, 5.74) is -0.221. The first kappa shape index (κ1) is 25.4. The number of hydrogen-bond donors (Lipinski definition) is 1. The van der Waals surface area contributed by atoms with Crippen LogP contribution in [0.25, 0.3) is 11.1 Å². The maximum Gasteiger partial charge on any atom is 0.331 e. The third-order valence-electron chi connectivity index (χ3n) is 7.40. The van der Waals surface area contributed by atoms with Crippen LogP contribution >= 0.6 is 0 Å². The van der Waals surface area contributed by atoms with Crippen LogP contribution in [0.15, 0.2) is 58.3 Å². The van der Waals surface area contributed by atoms with E-state index in [4.69, 9.17) is 0 Å². The Morgan fingerprint density at radius 2 is 1.71 bits per heavy atom. The Kier molecular flexibility index (Phi) is 6.60. The Bertz CT molecular complexity index is 1540. The summed E-state index contributed by atoms with van der Waals surface area (Å²) in [5, 5.41) is 2.91. The second-order valence-corrected chi connectivity index (χ2v) is 9.65. The van der Waals surface area contributed by atoms with Crippen molar-refractivity contribution in [3.8, 4) is 11.1 Å². The molecule has 38 heavy (non-hydrogen) atoms. The normalized spacial score (nSPS) is 16.7. The molecule has 0 aliphatic carbocycles. The van der Waals surface area contributed by atoms with Crippen molar-refractivity contribution in [1.29, 1.82) is 0 Å². The van der Waals surface area contributed by atoms with E-state index >= 15 is 0 Å². The van der Waals surface area contributed by atoms with Crippen LogP contribution in [0.5, 0.6) is 0 Å². The number of nitrogens with one attached hydrogen (secondary N) is 1. The van der Waals surface area contributed by atoms with E-state index < -0.39 is 28.9 Å². The molecule has 1 aromatic heterocycles. The van der Waals surface area contributed by atoms with Crippen molar-refractivity contribution in [2.24, 2.45) is 7.05 Å². The summed E-state index contributed by atoms with van der Waals surface area (Å²) in [6.07, 6.45) is 2.25. The number of para-hydroxylation sites is 1. The number of nitrogens with zero attached hydrogens (tertiary/aromatic N) is 4. The molecule has 0 saturated carbocycles. The molecule has 1 fully saturated rings. The van der Waals surface area contributed by atoms with E-state index in [1.165, 1.54) is 26.1 Å². The van der Waals surface area contributed by atoms with Gasteiger partial charge in [-0.05, 0) is 37.5 Å². The highest BCUT2D eigenvalue weighted by atomic mass is 19.2. The second kappa shape index (κ2) is 9.88. The minimum atomic E-state index is -1.21. The van der Waals surface area contributed by atoms with Gasteiger partial charge < -0.3 is 15.1 Å². The zero-order valence-electron chi connectivity index (χ0n) is 21.0. The molecule has 0 bridgehead atoms. The number of hydrogen-bond acceptors (Lipinski definition) is 4. The van der Waals surface area contributed by atoms with Crippen LogP contribution in [0.4, 0.5) is 19.3 Å². The minimum Gasteiger partial charge on any atom is -0.341 e. The first-order valence-corrected chi connectivity index (χ1v) is 12.4. The number of anilines is 1. The van der Waals surface area contributed by atoms with E-state index in [0.29, 0.717) is 32.5 Å². The summed E-state index contributed by atoms with van der Waals surface area (Å²) >= 11 is 0. The van der Waals surface area contributed by atoms with Crippen LogP contribution in [0, 0.1) is 11.6 Å². The lowest BCUT2D eigenvalue weighted by atomic mass is 10.0. The maximum atomic E-state index is 14.5. The summed E-state index contributed by atoms with van der Waals surface area (Å²) in [6, 6.07) is 9.85. The van der Waals surface area contributed by atoms with Crippen LogP contribution in [-0.4, -0.2) is 50.0 Å². The predicted octanol–water partition coefficient (Wildman–Crippen LogP) is 3.09. The number of carbonyl (C=O) groups is 2. The molecule has 9 nitrogen and oxygen atoms in total. The molecule has 2 aliphatic heterocycles. The Balaban J connectivity index is 1.34. The van der Waals surface area contributed by atoms with Crippen LogP contribution in [-0.2, 0) is 18.4 Å². The monoisotopic (exact) mass is 523 g/mol. The lowest BCUT2D eigenvalue weighted by Gasteiger charge is -2.41. The van der Waals surface area contributed by atoms with Gasteiger partial charge in [0.2, 0.25) is 5.91 Å². The van der Waals surface area contributed by atoms with E-state index in [9.17, 15) is 28.0 Å². The number of piperidine rings is 1. The largest absolute Gasteiger partial charge is 0.341 e. The lowest BCUT2D eigenvalue weighted by Crippen LogP contribution is -2.52. The van der Waals surface area contributed by atoms with E-state index in [0.717, 1.165) is 32.6 Å². The van der Waals surface area contributed by atoms with Gasteiger partial charge in [0.1, 0.15) is 6.04 Å². The lowest BCUT2D eigenvalue weighted by molar-refractivity contribution is -0.135. The van der Waals surface area contributed by atoms with Crippen molar-refractivity contribution in [2.45, 2.75) is 38.4 Å². The Morgan fingerprint density at radius 1 is 1.00 bits per heavy atom. The van der Waals surface area contributed by atoms with Crippen molar-refractivity contribution >= 4 is 17.6 Å². The highest BCUT2D eigenvalue weighted by Crippen LogP contribution is 2.28. The SMILES string of the molecule is CC(C(=O)N1CCC(N2Cc3ccccc3NC2=O)CC1)n1cc(-c2cccc(F)c2F)c(=O)n(C)c1=O. The summed E-state index contributed by atoms with van der Waals surface area (Å²) in [5.74, 6) is -2.68. The number of amides is 3. The van der Waals surface area contributed by atoms with Gasteiger partial charge in [-0.1, -0.05) is 30.3 Å².